The standard InChI is InChI=1S/C19H22FN3O/c1-13(2)10-14(3)12-24-18-5-4-15(11-16(18)20)17-6-8-21-19-7-9-22-23(17)19/h4-9,11,13-14H,10,12H2,1-3H3. The summed E-state index contributed by atoms with van der Waals surface area (Å²) in [4.78, 5) is 4.22. The van der Waals surface area contributed by atoms with Crippen molar-refractivity contribution in [2.24, 2.45) is 11.8 Å². The van der Waals surface area contributed by atoms with Crippen molar-refractivity contribution in [1.29, 1.82) is 0 Å². The number of hydrogen-bond acceptors (Lipinski definition) is 3. The van der Waals surface area contributed by atoms with Crippen LogP contribution in [-0.4, -0.2) is 21.2 Å². The Kier molecular flexibility index (Phi) is 4.79. The molecule has 126 valence electrons. The number of ether oxygens (including phenoxy) is 1. The molecule has 3 aromatic rings. The van der Waals surface area contributed by atoms with Crippen LogP contribution in [0.2, 0.25) is 0 Å². The molecule has 0 amide bonds. The molecular weight excluding hydrogens is 305 g/mol. The Bertz CT molecular complexity index is 828. The molecule has 0 aliphatic carbocycles. The van der Waals surface area contributed by atoms with E-state index in [9.17, 15) is 4.39 Å². The minimum absolute atomic E-state index is 0.292. The Balaban J connectivity index is 1.79. The van der Waals surface area contributed by atoms with Crippen molar-refractivity contribution in [3.05, 3.63) is 48.5 Å². The zero-order valence-corrected chi connectivity index (χ0v) is 14.2. The molecule has 1 unspecified atom stereocenters. The smallest absolute Gasteiger partial charge is 0.165 e. The van der Waals surface area contributed by atoms with Gasteiger partial charge < -0.3 is 4.74 Å². The third kappa shape index (κ3) is 3.55. The zero-order chi connectivity index (χ0) is 17.1. The molecule has 0 bridgehead atoms. The molecule has 0 saturated carbocycles. The largest absolute Gasteiger partial charge is 0.490 e. The van der Waals surface area contributed by atoms with Crippen molar-refractivity contribution in [1.82, 2.24) is 14.6 Å². The first kappa shape index (κ1) is 16.4. The quantitative estimate of drug-likeness (QED) is 0.664. The Morgan fingerprint density at radius 3 is 2.71 bits per heavy atom. The summed E-state index contributed by atoms with van der Waals surface area (Å²) in [7, 11) is 0. The topological polar surface area (TPSA) is 39.4 Å². The van der Waals surface area contributed by atoms with Crippen LogP contribution in [0.1, 0.15) is 27.2 Å². The van der Waals surface area contributed by atoms with Gasteiger partial charge in [0.25, 0.3) is 0 Å². The highest BCUT2D eigenvalue weighted by molar-refractivity contribution is 5.63. The van der Waals surface area contributed by atoms with Crippen LogP contribution >= 0.6 is 0 Å². The summed E-state index contributed by atoms with van der Waals surface area (Å²) in [6.07, 6.45) is 4.44. The van der Waals surface area contributed by atoms with E-state index in [1.165, 1.54) is 6.07 Å². The lowest BCUT2D eigenvalue weighted by molar-refractivity contribution is 0.230. The molecule has 0 radical (unpaired) electrons. The molecule has 0 fully saturated rings. The van der Waals surface area contributed by atoms with Gasteiger partial charge in [-0.1, -0.05) is 20.8 Å². The summed E-state index contributed by atoms with van der Waals surface area (Å²) in [6, 6.07) is 8.65. The summed E-state index contributed by atoms with van der Waals surface area (Å²) in [5, 5.41) is 4.23. The van der Waals surface area contributed by atoms with Gasteiger partial charge in [0, 0.05) is 17.8 Å². The second-order valence-corrected chi connectivity index (χ2v) is 6.62. The van der Waals surface area contributed by atoms with Crippen molar-refractivity contribution < 1.29 is 9.13 Å². The molecule has 1 aromatic carbocycles. The van der Waals surface area contributed by atoms with Crippen molar-refractivity contribution >= 4 is 5.65 Å². The van der Waals surface area contributed by atoms with Crippen LogP contribution in [-0.2, 0) is 0 Å². The predicted octanol–water partition coefficient (Wildman–Crippen LogP) is 4.60. The van der Waals surface area contributed by atoms with E-state index in [4.69, 9.17) is 4.74 Å². The highest BCUT2D eigenvalue weighted by atomic mass is 19.1. The first-order chi connectivity index (χ1) is 11.5. The van der Waals surface area contributed by atoms with E-state index in [2.05, 4.69) is 30.9 Å². The van der Waals surface area contributed by atoms with Gasteiger partial charge in [0.05, 0.1) is 18.5 Å². The number of aromatic nitrogens is 3. The predicted molar refractivity (Wildman–Crippen MR) is 92.5 cm³/mol. The molecule has 0 aliphatic rings. The van der Waals surface area contributed by atoms with Gasteiger partial charge in [0.15, 0.2) is 17.2 Å². The summed E-state index contributed by atoms with van der Waals surface area (Å²) in [5.41, 5.74) is 2.27. The first-order valence-corrected chi connectivity index (χ1v) is 8.26. The maximum Gasteiger partial charge on any atom is 0.165 e. The molecule has 24 heavy (non-hydrogen) atoms. The second kappa shape index (κ2) is 6.99. The molecule has 3 rings (SSSR count). The first-order valence-electron chi connectivity index (χ1n) is 8.26. The van der Waals surface area contributed by atoms with Gasteiger partial charge in [-0.3, -0.25) is 0 Å². The molecule has 4 nitrogen and oxygen atoms in total. The average Bonchev–Trinajstić information content (AvgIpc) is 3.01. The molecule has 0 N–H and O–H groups in total. The molecule has 0 saturated heterocycles. The van der Waals surface area contributed by atoms with E-state index in [0.717, 1.165) is 23.3 Å². The van der Waals surface area contributed by atoms with Crippen molar-refractivity contribution in [3.8, 4) is 17.0 Å². The number of benzene rings is 1. The fourth-order valence-corrected chi connectivity index (χ4v) is 2.94. The maximum absolute atomic E-state index is 14.4. The van der Waals surface area contributed by atoms with E-state index in [-0.39, 0.29) is 5.82 Å². The summed E-state index contributed by atoms with van der Waals surface area (Å²) in [5.74, 6) is 0.938. The monoisotopic (exact) mass is 327 g/mol. The van der Waals surface area contributed by atoms with E-state index in [0.29, 0.717) is 24.2 Å². The van der Waals surface area contributed by atoms with Gasteiger partial charge in [0.2, 0.25) is 0 Å². The normalized spacial score (nSPS) is 12.7. The van der Waals surface area contributed by atoms with Crippen molar-refractivity contribution in [2.45, 2.75) is 27.2 Å². The van der Waals surface area contributed by atoms with Crippen molar-refractivity contribution in [3.63, 3.8) is 0 Å². The van der Waals surface area contributed by atoms with Crippen LogP contribution in [0.25, 0.3) is 16.9 Å². The summed E-state index contributed by atoms with van der Waals surface area (Å²) in [6.45, 7) is 7.00. The Hall–Kier alpha value is -2.43. The fourth-order valence-electron chi connectivity index (χ4n) is 2.94. The van der Waals surface area contributed by atoms with Crippen LogP contribution in [0.4, 0.5) is 4.39 Å². The van der Waals surface area contributed by atoms with Gasteiger partial charge in [-0.25, -0.2) is 13.9 Å². The van der Waals surface area contributed by atoms with Crippen LogP contribution in [0.3, 0.4) is 0 Å². The van der Waals surface area contributed by atoms with Gasteiger partial charge in [-0.05, 0) is 42.5 Å². The van der Waals surface area contributed by atoms with Gasteiger partial charge >= 0.3 is 0 Å². The zero-order valence-electron chi connectivity index (χ0n) is 14.2. The highest BCUT2D eigenvalue weighted by Crippen LogP contribution is 2.26. The number of rotatable bonds is 6. The van der Waals surface area contributed by atoms with Gasteiger partial charge in [-0.2, -0.15) is 5.10 Å². The third-order valence-electron chi connectivity index (χ3n) is 3.91. The third-order valence-corrected chi connectivity index (χ3v) is 3.91. The minimum Gasteiger partial charge on any atom is -0.490 e. The SMILES string of the molecule is CC(C)CC(C)COc1ccc(-c2ccnc3ccnn23)cc1F. The summed E-state index contributed by atoms with van der Waals surface area (Å²) >= 11 is 0. The van der Waals surface area contributed by atoms with Crippen LogP contribution in [0.15, 0.2) is 42.7 Å². The molecule has 1 atom stereocenters. The number of halogens is 1. The van der Waals surface area contributed by atoms with Crippen LogP contribution < -0.4 is 4.74 Å². The number of hydrogen-bond donors (Lipinski definition) is 0. The fraction of sp³-hybridized carbons (Fsp3) is 0.368. The van der Waals surface area contributed by atoms with E-state index in [1.807, 2.05) is 18.2 Å². The molecule has 0 spiro atoms. The minimum atomic E-state index is -0.360. The molecule has 2 aromatic heterocycles. The van der Waals surface area contributed by atoms with E-state index < -0.39 is 0 Å². The molecular formula is C19H22FN3O. The Morgan fingerprint density at radius 2 is 1.96 bits per heavy atom. The van der Waals surface area contributed by atoms with Gasteiger partial charge in [-0.15, -0.1) is 0 Å². The number of fused-ring (bicyclic) bond motifs is 1. The molecule has 0 aliphatic heterocycles. The van der Waals surface area contributed by atoms with Crippen LogP contribution in [0.5, 0.6) is 5.75 Å². The maximum atomic E-state index is 14.4. The van der Waals surface area contributed by atoms with Crippen LogP contribution in [0, 0.1) is 17.7 Å². The lowest BCUT2D eigenvalue weighted by Gasteiger charge is -2.15. The summed E-state index contributed by atoms with van der Waals surface area (Å²) < 4.78 is 21.8. The Morgan fingerprint density at radius 1 is 1.12 bits per heavy atom. The highest BCUT2D eigenvalue weighted by Gasteiger charge is 2.11. The molecule has 5 heteroatoms. The second-order valence-electron chi connectivity index (χ2n) is 6.62. The lowest BCUT2D eigenvalue weighted by atomic mass is 10.00. The number of nitrogens with zero attached hydrogens (tertiary/aromatic N) is 3. The van der Waals surface area contributed by atoms with Crippen molar-refractivity contribution in [2.75, 3.05) is 6.61 Å². The lowest BCUT2D eigenvalue weighted by Crippen LogP contribution is -2.11. The van der Waals surface area contributed by atoms with E-state index in [1.54, 1.807) is 23.0 Å². The average molecular weight is 327 g/mol. The Labute approximate surface area is 141 Å². The molecule has 2 heterocycles. The van der Waals surface area contributed by atoms with Gasteiger partial charge in [0.1, 0.15) is 0 Å². The van der Waals surface area contributed by atoms with E-state index >= 15 is 0 Å².